The summed E-state index contributed by atoms with van der Waals surface area (Å²) < 4.78 is 1.26. The van der Waals surface area contributed by atoms with Crippen LogP contribution in [0.3, 0.4) is 0 Å². The number of carboxylic acid groups (broad SMARTS) is 1. The summed E-state index contributed by atoms with van der Waals surface area (Å²) in [4.78, 5) is 42.4. The Morgan fingerprint density at radius 2 is 1.88 bits per heavy atom. The number of carbonyl (C=O) groups is 2. The van der Waals surface area contributed by atoms with Crippen molar-refractivity contribution < 1.29 is 14.7 Å². The maximum atomic E-state index is 12.7. The number of aryl methyl sites for hydroxylation is 3. The van der Waals surface area contributed by atoms with Crippen molar-refractivity contribution in [3.8, 4) is 10.6 Å². The largest absolute Gasteiger partial charge is 0.481 e. The molecular formula is C17H22N4O4S. The number of carboxylic acids is 1. The molecular weight excluding hydrogens is 356 g/mol. The second kappa shape index (κ2) is 7.36. The van der Waals surface area contributed by atoms with E-state index in [1.54, 1.807) is 34.9 Å². The van der Waals surface area contributed by atoms with E-state index in [0.717, 1.165) is 22.6 Å². The average Bonchev–Trinajstić information content (AvgIpc) is 2.93. The van der Waals surface area contributed by atoms with Crippen LogP contribution in [0.15, 0.2) is 4.79 Å². The minimum absolute atomic E-state index is 0.0933. The summed E-state index contributed by atoms with van der Waals surface area (Å²) in [5, 5.41) is 13.6. The van der Waals surface area contributed by atoms with Crippen LogP contribution in [0, 0.1) is 26.7 Å². The zero-order chi connectivity index (χ0) is 19.8. The van der Waals surface area contributed by atoms with Gasteiger partial charge in [0.05, 0.1) is 22.9 Å². The van der Waals surface area contributed by atoms with Crippen LogP contribution in [0.5, 0.6) is 0 Å². The monoisotopic (exact) mass is 378 g/mol. The van der Waals surface area contributed by atoms with E-state index in [4.69, 9.17) is 5.11 Å². The summed E-state index contributed by atoms with van der Waals surface area (Å²) in [6, 6.07) is 0. The molecule has 0 saturated carbocycles. The molecule has 0 radical (unpaired) electrons. The molecule has 0 saturated heterocycles. The van der Waals surface area contributed by atoms with Gasteiger partial charge in [-0.15, -0.1) is 11.3 Å². The molecule has 1 N–H and O–H groups in total. The van der Waals surface area contributed by atoms with Crippen molar-refractivity contribution in [3.05, 3.63) is 32.2 Å². The van der Waals surface area contributed by atoms with Gasteiger partial charge in [-0.25, -0.2) is 9.67 Å². The second-order valence-corrected chi connectivity index (χ2v) is 7.37. The molecule has 1 atom stereocenters. The lowest BCUT2D eigenvalue weighted by molar-refractivity contribution is -0.141. The first-order valence-corrected chi connectivity index (χ1v) is 8.86. The third-order valence-electron chi connectivity index (χ3n) is 4.25. The van der Waals surface area contributed by atoms with Crippen molar-refractivity contribution in [1.29, 1.82) is 0 Å². The third-order valence-corrected chi connectivity index (χ3v) is 5.41. The van der Waals surface area contributed by atoms with Gasteiger partial charge in [0.15, 0.2) is 0 Å². The Morgan fingerprint density at radius 1 is 1.27 bits per heavy atom. The quantitative estimate of drug-likeness (QED) is 0.848. The van der Waals surface area contributed by atoms with Crippen LogP contribution in [-0.2, 0) is 11.8 Å². The zero-order valence-electron chi connectivity index (χ0n) is 15.7. The van der Waals surface area contributed by atoms with E-state index in [-0.39, 0.29) is 18.0 Å². The highest BCUT2D eigenvalue weighted by atomic mass is 32.1. The Kier molecular flexibility index (Phi) is 5.60. The van der Waals surface area contributed by atoms with E-state index >= 15 is 0 Å². The number of thiazole rings is 1. The van der Waals surface area contributed by atoms with Crippen LogP contribution in [0.1, 0.15) is 33.5 Å². The molecule has 9 heteroatoms. The second-order valence-electron chi connectivity index (χ2n) is 6.37. The van der Waals surface area contributed by atoms with Gasteiger partial charge >= 0.3 is 5.97 Å². The number of rotatable bonds is 5. The molecule has 0 spiro atoms. The molecule has 0 aromatic carbocycles. The van der Waals surface area contributed by atoms with Crippen molar-refractivity contribution >= 4 is 23.2 Å². The Balaban J connectivity index is 2.43. The number of carbonyl (C=O) groups excluding carboxylic acids is 1. The van der Waals surface area contributed by atoms with Crippen molar-refractivity contribution in [3.63, 3.8) is 0 Å². The van der Waals surface area contributed by atoms with Crippen molar-refractivity contribution in [2.24, 2.45) is 13.0 Å². The predicted octanol–water partition coefficient (Wildman–Crippen LogP) is 1.62. The molecule has 140 valence electrons. The standard InChI is InChI=1S/C17H22N4O4S/c1-8(17(24)25)7-20(5)16(23)13-11(4)18-14(26-13)12-9(2)10(3)19-21(6)15(12)22/h8H,7H2,1-6H3,(H,24,25). The molecule has 8 nitrogen and oxygen atoms in total. The first kappa shape index (κ1) is 19.8. The van der Waals surface area contributed by atoms with E-state index in [1.807, 2.05) is 6.92 Å². The SMILES string of the molecule is Cc1nc(-c2c(C)c(C)nn(C)c2=O)sc1C(=O)N(C)CC(C)C(=O)O. The highest BCUT2D eigenvalue weighted by Crippen LogP contribution is 2.29. The summed E-state index contributed by atoms with van der Waals surface area (Å²) in [7, 11) is 3.13. The lowest BCUT2D eigenvalue weighted by Crippen LogP contribution is -2.33. The molecule has 2 rings (SSSR count). The summed E-state index contributed by atoms with van der Waals surface area (Å²) in [6.07, 6.45) is 0. The summed E-state index contributed by atoms with van der Waals surface area (Å²) in [5.74, 6) is -1.94. The predicted molar refractivity (Wildman–Crippen MR) is 98.6 cm³/mol. The Labute approximate surface area is 155 Å². The van der Waals surface area contributed by atoms with E-state index < -0.39 is 11.9 Å². The fourth-order valence-electron chi connectivity index (χ4n) is 2.55. The van der Waals surface area contributed by atoms with Gasteiger partial charge in [0.1, 0.15) is 9.88 Å². The van der Waals surface area contributed by atoms with Gasteiger partial charge in [-0.05, 0) is 26.3 Å². The minimum atomic E-state index is -0.960. The van der Waals surface area contributed by atoms with Gasteiger partial charge in [-0.3, -0.25) is 14.4 Å². The van der Waals surface area contributed by atoms with Crippen LogP contribution in [-0.4, -0.2) is 50.2 Å². The summed E-state index contributed by atoms with van der Waals surface area (Å²) in [5.41, 5.74) is 2.13. The summed E-state index contributed by atoms with van der Waals surface area (Å²) in [6.45, 7) is 6.96. The van der Waals surface area contributed by atoms with Gasteiger partial charge in [0, 0.05) is 20.6 Å². The molecule has 0 fully saturated rings. The van der Waals surface area contributed by atoms with Gasteiger partial charge < -0.3 is 10.0 Å². The van der Waals surface area contributed by atoms with Crippen LogP contribution in [0.25, 0.3) is 10.6 Å². The summed E-state index contributed by atoms with van der Waals surface area (Å²) >= 11 is 1.14. The van der Waals surface area contributed by atoms with Gasteiger partial charge in [-0.1, -0.05) is 6.92 Å². The van der Waals surface area contributed by atoms with Crippen LogP contribution < -0.4 is 5.56 Å². The number of amides is 1. The molecule has 0 aliphatic rings. The lowest BCUT2D eigenvalue weighted by atomic mass is 10.1. The first-order chi connectivity index (χ1) is 12.0. The average molecular weight is 378 g/mol. The molecule has 2 aromatic heterocycles. The van der Waals surface area contributed by atoms with Crippen LogP contribution in [0.4, 0.5) is 0 Å². The number of aliphatic carboxylic acids is 1. The molecule has 1 amide bonds. The van der Waals surface area contributed by atoms with Crippen LogP contribution in [0.2, 0.25) is 0 Å². The first-order valence-electron chi connectivity index (χ1n) is 8.05. The molecule has 0 aliphatic heterocycles. The maximum Gasteiger partial charge on any atom is 0.308 e. The van der Waals surface area contributed by atoms with E-state index in [0.29, 0.717) is 21.1 Å². The fourth-order valence-corrected chi connectivity index (χ4v) is 3.70. The van der Waals surface area contributed by atoms with Gasteiger partial charge in [-0.2, -0.15) is 5.10 Å². The van der Waals surface area contributed by atoms with E-state index in [1.165, 1.54) is 9.58 Å². The molecule has 2 heterocycles. The molecule has 2 aromatic rings. The number of aromatic nitrogens is 3. The number of hydrogen-bond acceptors (Lipinski definition) is 6. The molecule has 26 heavy (non-hydrogen) atoms. The Morgan fingerprint density at radius 3 is 2.46 bits per heavy atom. The minimum Gasteiger partial charge on any atom is -0.481 e. The van der Waals surface area contributed by atoms with Gasteiger partial charge in [0.25, 0.3) is 11.5 Å². The van der Waals surface area contributed by atoms with Crippen molar-refractivity contribution in [2.75, 3.05) is 13.6 Å². The van der Waals surface area contributed by atoms with Crippen molar-refractivity contribution in [2.45, 2.75) is 27.7 Å². The topological polar surface area (TPSA) is 105 Å². The third kappa shape index (κ3) is 3.67. The maximum absolute atomic E-state index is 12.7. The zero-order valence-corrected chi connectivity index (χ0v) is 16.5. The number of nitrogens with zero attached hydrogens (tertiary/aromatic N) is 4. The van der Waals surface area contributed by atoms with Gasteiger partial charge in [0.2, 0.25) is 0 Å². The smallest absolute Gasteiger partial charge is 0.308 e. The van der Waals surface area contributed by atoms with E-state index in [9.17, 15) is 14.4 Å². The molecule has 0 bridgehead atoms. The molecule has 1 unspecified atom stereocenters. The van der Waals surface area contributed by atoms with Crippen molar-refractivity contribution in [1.82, 2.24) is 19.7 Å². The number of hydrogen-bond donors (Lipinski definition) is 1. The fraction of sp³-hybridized carbons (Fsp3) is 0.471. The lowest BCUT2D eigenvalue weighted by Gasteiger charge is -2.18. The normalized spacial score (nSPS) is 12.1. The molecule has 0 aliphatic carbocycles. The Hall–Kier alpha value is -2.55. The Bertz CT molecular complexity index is 932. The highest BCUT2D eigenvalue weighted by molar-refractivity contribution is 7.17. The highest BCUT2D eigenvalue weighted by Gasteiger charge is 2.24. The van der Waals surface area contributed by atoms with E-state index in [2.05, 4.69) is 10.1 Å². The van der Waals surface area contributed by atoms with Crippen LogP contribution >= 0.6 is 11.3 Å².